The largest absolute Gasteiger partial charge is 0.396 e. The fourth-order valence-electron chi connectivity index (χ4n) is 3.61. The second-order valence-corrected chi connectivity index (χ2v) is 7.22. The van der Waals surface area contributed by atoms with Crippen LogP contribution in [0.15, 0.2) is 30.5 Å². The normalized spacial score (nSPS) is 18.3. The number of aromatic nitrogens is 2. The molecule has 0 radical (unpaired) electrons. The molecule has 0 saturated carbocycles. The lowest BCUT2D eigenvalue weighted by Gasteiger charge is -2.41. The van der Waals surface area contributed by atoms with Crippen LogP contribution < -0.4 is 4.90 Å². The van der Waals surface area contributed by atoms with E-state index in [-0.39, 0.29) is 6.61 Å². The summed E-state index contributed by atoms with van der Waals surface area (Å²) in [5.41, 5.74) is 4.89. The molecule has 1 aliphatic heterocycles. The quantitative estimate of drug-likeness (QED) is 0.864. The van der Waals surface area contributed by atoms with Crippen molar-refractivity contribution in [3.05, 3.63) is 52.8 Å². The molecule has 1 aromatic carbocycles. The van der Waals surface area contributed by atoms with Crippen LogP contribution in [-0.2, 0) is 13.0 Å². The van der Waals surface area contributed by atoms with Crippen molar-refractivity contribution in [2.24, 2.45) is 0 Å². The zero-order chi connectivity index (χ0) is 18.5. The molecule has 2 heterocycles. The first-order valence-corrected chi connectivity index (χ1v) is 9.58. The highest BCUT2D eigenvalue weighted by Crippen LogP contribution is 2.21. The van der Waals surface area contributed by atoms with E-state index >= 15 is 0 Å². The van der Waals surface area contributed by atoms with Crippen LogP contribution in [0.2, 0.25) is 0 Å². The number of aliphatic hydroxyl groups is 1. The summed E-state index contributed by atoms with van der Waals surface area (Å²) in [5, 5.41) is 9.54. The molecule has 1 aliphatic rings. The number of rotatable bonds is 6. The first-order valence-electron chi connectivity index (χ1n) is 9.58. The Morgan fingerprint density at radius 1 is 1.15 bits per heavy atom. The lowest BCUT2D eigenvalue weighted by atomic mass is 10.1. The second-order valence-electron chi connectivity index (χ2n) is 7.22. The monoisotopic (exact) mass is 354 g/mol. The highest BCUT2D eigenvalue weighted by atomic mass is 16.3. The number of anilines is 1. The lowest BCUT2D eigenvalue weighted by molar-refractivity contribution is 0.135. The first-order chi connectivity index (χ1) is 12.6. The highest BCUT2D eigenvalue weighted by Gasteiger charge is 2.28. The van der Waals surface area contributed by atoms with Crippen LogP contribution in [0, 0.1) is 13.8 Å². The minimum atomic E-state index is 0.206. The van der Waals surface area contributed by atoms with Crippen LogP contribution in [0.1, 0.15) is 35.7 Å². The third-order valence-electron chi connectivity index (χ3n) is 5.25. The van der Waals surface area contributed by atoms with E-state index in [4.69, 9.17) is 4.98 Å². The van der Waals surface area contributed by atoms with Gasteiger partial charge in [-0.05, 0) is 37.8 Å². The lowest BCUT2D eigenvalue weighted by Crippen LogP contribution is -2.53. The van der Waals surface area contributed by atoms with Crippen molar-refractivity contribution in [1.29, 1.82) is 0 Å². The molecule has 26 heavy (non-hydrogen) atoms. The zero-order valence-corrected chi connectivity index (χ0v) is 16.1. The smallest absolute Gasteiger partial charge is 0.225 e. The Balaban J connectivity index is 1.72. The van der Waals surface area contributed by atoms with Gasteiger partial charge in [0.25, 0.3) is 0 Å². The molecule has 1 N–H and O–H groups in total. The van der Waals surface area contributed by atoms with Crippen LogP contribution in [0.25, 0.3) is 0 Å². The summed E-state index contributed by atoms with van der Waals surface area (Å²) in [5.74, 6) is 0.824. The predicted octanol–water partition coefficient (Wildman–Crippen LogP) is 2.73. The van der Waals surface area contributed by atoms with E-state index in [1.165, 1.54) is 11.1 Å². The molecule has 1 fully saturated rings. The number of aryl methyl sites for hydroxylation is 3. The van der Waals surface area contributed by atoms with E-state index < -0.39 is 0 Å². The van der Waals surface area contributed by atoms with Crippen LogP contribution in [0.4, 0.5) is 5.95 Å². The summed E-state index contributed by atoms with van der Waals surface area (Å²) in [6.45, 7) is 10.2. The molecule has 5 nitrogen and oxygen atoms in total. The topological polar surface area (TPSA) is 52.5 Å². The maximum Gasteiger partial charge on any atom is 0.225 e. The van der Waals surface area contributed by atoms with Crippen molar-refractivity contribution >= 4 is 5.95 Å². The maximum absolute atomic E-state index is 9.54. The summed E-state index contributed by atoms with van der Waals surface area (Å²) in [4.78, 5) is 14.1. The first kappa shape index (κ1) is 18.8. The Labute approximate surface area is 156 Å². The van der Waals surface area contributed by atoms with Gasteiger partial charge in [0, 0.05) is 50.7 Å². The van der Waals surface area contributed by atoms with Crippen molar-refractivity contribution in [1.82, 2.24) is 14.9 Å². The van der Waals surface area contributed by atoms with Gasteiger partial charge in [0.05, 0.1) is 0 Å². The summed E-state index contributed by atoms with van der Waals surface area (Å²) in [6.07, 6.45) is 3.63. The molecule has 3 rings (SSSR count). The van der Waals surface area contributed by atoms with Crippen molar-refractivity contribution in [2.75, 3.05) is 31.1 Å². The van der Waals surface area contributed by atoms with Gasteiger partial charge < -0.3 is 10.0 Å². The number of aliphatic hydroxyl groups excluding tert-OH is 1. The molecule has 0 bridgehead atoms. The maximum atomic E-state index is 9.54. The molecule has 5 heteroatoms. The molecule has 0 aliphatic carbocycles. The van der Waals surface area contributed by atoms with Crippen LogP contribution in [0.5, 0.6) is 0 Å². The molecule has 0 unspecified atom stereocenters. The van der Waals surface area contributed by atoms with Crippen molar-refractivity contribution < 1.29 is 5.11 Å². The Bertz CT molecular complexity index is 716. The van der Waals surface area contributed by atoms with E-state index in [1.54, 1.807) is 0 Å². The van der Waals surface area contributed by atoms with Crippen LogP contribution in [-0.4, -0.2) is 52.3 Å². The van der Waals surface area contributed by atoms with Gasteiger partial charge in [0.15, 0.2) is 0 Å². The van der Waals surface area contributed by atoms with Crippen molar-refractivity contribution in [3.63, 3.8) is 0 Å². The molecule has 1 saturated heterocycles. The molecule has 1 atom stereocenters. The van der Waals surface area contributed by atoms with Gasteiger partial charge in [-0.15, -0.1) is 0 Å². The minimum Gasteiger partial charge on any atom is -0.396 e. The van der Waals surface area contributed by atoms with Gasteiger partial charge >= 0.3 is 0 Å². The number of hydrogen-bond donors (Lipinski definition) is 1. The molecule has 1 aromatic heterocycles. The summed E-state index contributed by atoms with van der Waals surface area (Å²) < 4.78 is 0. The standard InChI is InChI=1S/C21H30N4O/c1-4-20-17(3)13-22-21(23-20)25-11-10-24(19(15-25)9-12-26)14-18-7-5-16(2)6-8-18/h5-8,13,19,26H,4,9-12,14-15H2,1-3H3/t19-/m1/s1. The highest BCUT2D eigenvalue weighted by molar-refractivity contribution is 5.34. The van der Waals surface area contributed by atoms with Gasteiger partial charge in [-0.1, -0.05) is 36.8 Å². The summed E-state index contributed by atoms with van der Waals surface area (Å²) >= 11 is 0. The zero-order valence-electron chi connectivity index (χ0n) is 16.1. The minimum absolute atomic E-state index is 0.206. The van der Waals surface area contributed by atoms with E-state index in [0.29, 0.717) is 6.04 Å². The molecule has 140 valence electrons. The van der Waals surface area contributed by atoms with Crippen molar-refractivity contribution in [2.45, 2.75) is 46.2 Å². The molecule has 2 aromatic rings. The average Bonchev–Trinajstić information content (AvgIpc) is 2.65. The Morgan fingerprint density at radius 3 is 2.62 bits per heavy atom. The van der Waals surface area contributed by atoms with Gasteiger partial charge in [-0.2, -0.15) is 0 Å². The van der Waals surface area contributed by atoms with Crippen LogP contribution >= 0.6 is 0 Å². The fraction of sp³-hybridized carbons (Fsp3) is 0.524. The Hall–Kier alpha value is -1.98. The third kappa shape index (κ3) is 4.40. The van der Waals surface area contributed by atoms with Gasteiger partial charge in [-0.3, -0.25) is 4.90 Å². The summed E-state index contributed by atoms with van der Waals surface area (Å²) in [7, 11) is 0. The van der Waals surface area contributed by atoms with Crippen molar-refractivity contribution in [3.8, 4) is 0 Å². The van der Waals surface area contributed by atoms with E-state index in [9.17, 15) is 5.11 Å². The predicted molar refractivity (Wildman–Crippen MR) is 105 cm³/mol. The number of hydrogen-bond acceptors (Lipinski definition) is 5. The van der Waals surface area contributed by atoms with Gasteiger partial charge in [0.1, 0.15) is 0 Å². The van der Waals surface area contributed by atoms with Crippen LogP contribution in [0.3, 0.4) is 0 Å². The van der Waals surface area contributed by atoms with E-state index in [2.05, 4.69) is 59.8 Å². The third-order valence-corrected chi connectivity index (χ3v) is 5.25. The summed E-state index contributed by atoms with van der Waals surface area (Å²) in [6, 6.07) is 9.05. The number of piperazine rings is 1. The Kier molecular flexibility index (Phi) is 6.22. The van der Waals surface area contributed by atoms with E-state index in [1.807, 2.05) is 6.20 Å². The molecular formula is C21H30N4O. The van der Waals surface area contributed by atoms with E-state index in [0.717, 1.165) is 56.2 Å². The van der Waals surface area contributed by atoms with Gasteiger partial charge in [-0.25, -0.2) is 9.97 Å². The second kappa shape index (κ2) is 8.60. The molecule has 0 amide bonds. The Morgan fingerprint density at radius 2 is 1.92 bits per heavy atom. The average molecular weight is 354 g/mol. The SMILES string of the molecule is CCc1nc(N2CCN(Cc3ccc(C)cc3)[C@H](CCO)C2)ncc1C. The molecule has 0 spiro atoms. The fourth-order valence-corrected chi connectivity index (χ4v) is 3.61. The number of benzene rings is 1. The number of nitrogens with zero attached hydrogens (tertiary/aromatic N) is 4. The molecular weight excluding hydrogens is 324 g/mol. The van der Waals surface area contributed by atoms with Gasteiger partial charge in [0.2, 0.25) is 5.95 Å².